The molecule has 1 saturated carbocycles. The van der Waals surface area contributed by atoms with Gasteiger partial charge in [-0.2, -0.15) is 4.98 Å². The third-order valence-electron chi connectivity index (χ3n) is 5.59. The number of carbonyl (C=O) groups is 1. The van der Waals surface area contributed by atoms with E-state index >= 15 is 0 Å². The van der Waals surface area contributed by atoms with Crippen molar-refractivity contribution in [2.24, 2.45) is 5.92 Å². The second-order valence-electron chi connectivity index (χ2n) is 8.09. The van der Waals surface area contributed by atoms with E-state index in [2.05, 4.69) is 20.4 Å². The molecule has 0 saturated heterocycles. The number of aryl methyl sites for hydroxylation is 1. The molecule has 1 aliphatic rings. The minimum Gasteiger partial charge on any atom is -0.489 e. The molecule has 1 fully saturated rings. The van der Waals surface area contributed by atoms with Gasteiger partial charge in [-0.3, -0.25) is 4.79 Å². The molecule has 0 atom stereocenters. The highest BCUT2D eigenvalue weighted by Crippen LogP contribution is 2.27. The average Bonchev–Trinajstić information content (AvgIpc) is 3.28. The summed E-state index contributed by atoms with van der Waals surface area (Å²) in [7, 11) is 0. The maximum absolute atomic E-state index is 13.0. The van der Waals surface area contributed by atoms with Gasteiger partial charge in [0.2, 0.25) is 17.6 Å². The maximum Gasteiger partial charge on any atom is 0.226 e. The number of aromatic nitrogens is 3. The van der Waals surface area contributed by atoms with Crippen LogP contribution in [0.3, 0.4) is 0 Å². The smallest absolute Gasteiger partial charge is 0.226 e. The zero-order chi connectivity index (χ0) is 22.2. The lowest BCUT2D eigenvalue weighted by Gasteiger charge is -2.22. The van der Waals surface area contributed by atoms with Crippen molar-refractivity contribution in [2.45, 2.75) is 51.4 Å². The van der Waals surface area contributed by atoms with Crippen molar-refractivity contribution in [3.8, 4) is 17.1 Å². The highest BCUT2D eigenvalue weighted by atomic mass is 19.1. The van der Waals surface area contributed by atoms with E-state index in [4.69, 9.17) is 9.26 Å². The Hall–Kier alpha value is -3.29. The molecule has 2 aromatic heterocycles. The van der Waals surface area contributed by atoms with Crippen LogP contribution in [0.15, 0.2) is 47.1 Å². The Morgan fingerprint density at radius 1 is 1.16 bits per heavy atom. The Balaban J connectivity index is 1.24. The van der Waals surface area contributed by atoms with Gasteiger partial charge >= 0.3 is 0 Å². The maximum atomic E-state index is 13.0. The van der Waals surface area contributed by atoms with E-state index in [9.17, 15) is 9.18 Å². The summed E-state index contributed by atoms with van der Waals surface area (Å²) in [5.74, 6) is 1.99. The number of hydrogen-bond acceptors (Lipinski definition) is 6. The molecule has 1 aromatic carbocycles. The van der Waals surface area contributed by atoms with Crippen molar-refractivity contribution >= 4 is 11.7 Å². The van der Waals surface area contributed by atoms with Crippen molar-refractivity contribution in [1.82, 2.24) is 15.1 Å². The van der Waals surface area contributed by atoms with Gasteiger partial charge in [0.25, 0.3) is 0 Å². The van der Waals surface area contributed by atoms with Crippen molar-refractivity contribution in [3.63, 3.8) is 0 Å². The predicted octanol–water partition coefficient (Wildman–Crippen LogP) is 5.19. The lowest BCUT2D eigenvalue weighted by molar-refractivity contribution is -0.116. The molecule has 1 N–H and O–H groups in total. The second kappa shape index (κ2) is 10.8. The SMILES string of the molecule is O=C(CCCc1nc(-c2ccc(F)cc2)no1)Nc1ncccc1OCC1CCCCC1. The number of anilines is 1. The van der Waals surface area contributed by atoms with Gasteiger partial charge in [0.05, 0.1) is 6.61 Å². The number of amides is 1. The first kappa shape index (κ1) is 21.9. The van der Waals surface area contributed by atoms with Crippen LogP contribution in [-0.4, -0.2) is 27.6 Å². The van der Waals surface area contributed by atoms with Gasteiger partial charge in [-0.1, -0.05) is 24.4 Å². The van der Waals surface area contributed by atoms with E-state index < -0.39 is 0 Å². The van der Waals surface area contributed by atoms with Crippen LogP contribution < -0.4 is 10.1 Å². The summed E-state index contributed by atoms with van der Waals surface area (Å²) in [5.41, 5.74) is 0.676. The number of ether oxygens (including phenoxy) is 1. The molecule has 0 radical (unpaired) electrons. The molecule has 0 unspecified atom stereocenters. The number of nitrogens with one attached hydrogen (secondary N) is 1. The van der Waals surface area contributed by atoms with Crippen LogP contribution in [0.25, 0.3) is 11.4 Å². The van der Waals surface area contributed by atoms with Crippen molar-refractivity contribution < 1.29 is 18.4 Å². The molecule has 1 aliphatic carbocycles. The summed E-state index contributed by atoms with van der Waals surface area (Å²) in [4.78, 5) is 21.0. The van der Waals surface area contributed by atoms with E-state index in [0.29, 0.717) is 54.2 Å². The van der Waals surface area contributed by atoms with Crippen molar-refractivity contribution in [2.75, 3.05) is 11.9 Å². The van der Waals surface area contributed by atoms with E-state index in [1.165, 1.54) is 44.2 Å². The lowest BCUT2D eigenvalue weighted by Crippen LogP contribution is -2.17. The minimum absolute atomic E-state index is 0.149. The predicted molar refractivity (Wildman–Crippen MR) is 118 cm³/mol. The molecule has 7 nitrogen and oxygen atoms in total. The molecular weight excluding hydrogens is 411 g/mol. The Labute approximate surface area is 186 Å². The zero-order valence-electron chi connectivity index (χ0n) is 17.9. The standard InChI is InChI=1S/C24H27FN4O3/c25-19-13-11-18(12-14-19)23-28-22(32-29-23)10-4-9-21(30)27-24-20(8-5-15-26-24)31-16-17-6-2-1-3-7-17/h5,8,11-15,17H,1-4,6-7,9-10,16H2,(H,26,27,30). The van der Waals surface area contributed by atoms with Gasteiger partial charge in [0.15, 0.2) is 11.6 Å². The van der Waals surface area contributed by atoms with Crippen LogP contribution in [0.2, 0.25) is 0 Å². The molecule has 1 amide bonds. The van der Waals surface area contributed by atoms with Crippen LogP contribution >= 0.6 is 0 Å². The number of benzene rings is 1. The summed E-state index contributed by atoms with van der Waals surface area (Å²) < 4.78 is 24.3. The topological polar surface area (TPSA) is 90.1 Å². The van der Waals surface area contributed by atoms with Gasteiger partial charge < -0.3 is 14.6 Å². The Bertz CT molecular complexity index is 1020. The van der Waals surface area contributed by atoms with Crippen LogP contribution in [0, 0.1) is 11.7 Å². The van der Waals surface area contributed by atoms with Crippen molar-refractivity contribution in [1.29, 1.82) is 0 Å². The summed E-state index contributed by atoms with van der Waals surface area (Å²) in [6.45, 7) is 0.655. The molecule has 0 aliphatic heterocycles. The highest BCUT2D eigenvalue weighted by molar-refractivity contribution is 5.91. The largest absolute Gasteiger partial charge is 0.489 e. The monoisotopic (exact) mass is 438 g/mol. The first-order valence-corrected chi connectivity index (χ1v) is 11.1. The van der Waals surface area contributed by atoms with E-state index in [0.717, 1.165) is 0 Å². The van der Waals surface area contributed by atoms with Crippen LogP contribution in [0.5, 0.6) is 5.75 Å². The van der Waals surface area contributed by atoms with Gasteiger partial charge in [0.1, 0.15) is 5.82 Å². The summed E-state index contributed by atoms with van der Waals surface area (Å²) in [5, 5.41) is 6.76. The Kier molecular flexibility index (Phi) is 7.42. The normalized spacial score (nSPS) is 14.3. The number of carbonyl (C=O) groups excluding carboxylic acids is 1. The fourth-order valence-corrected chi connectivity index (χ4v) is 3.83. The van der Waals surface area contributed by atoms with Crippen LogP contribution in [0.4, 0.5) is 10.2 Å². The first-order chi connectivity index (χ1) is 15.7. The molecule has 3 aromatic rings. The van der Waals surface area contributed by atoms with Gasteiger partial charge in [0, 0.05) is 24.6 Å². The summed E-state index contributed by atoms with van der Waals surface area (Å²) in [6.07, 6.45) is 9.15. The Morgan fingerprint density at radius 2 is 1.97 bits per heavy atom. The van der Waals surface area contributed by atoms with Crippen LogP contribution in [0.1, 0.15) is 50.8 Å². The highest BCUT2D eigenvalue weighted by Gasteiger charge is 2.16. The Morgan fingerprint density at radius 3 is 2.78 bits per heavy atom. The third kappa shape index (κ3) is 6.12. The lowest BCUT2D eigenvalue weighted by atomic mass is 9.90. The quantitative estimate of drug-likeness (QED) is 0.494. The fraction of sp³-hybridized carbons (Fsp3) is 0.417. The van der Waals surface area contributed by atoms with Crippen molar-refractivity contribution in [3.05, 3.63) is 54.3 Å². The molecule has 0 bridgehead atoms. The molecule has 8 heteroatoms. The van der Waals surface area contributed by atoms with E-state index in [1.807, 2.05) is 6.07 Å². The summed E-state index contributed by atoms with van der Waals surface area (Å²) in [6, 6.07) is 9.53. The fourth-order valence-electron chi connectivity index (χ4n) is 3.83. The molecule has 4 rings (SSSR count). The molecule has 168 valence electrons. The number of rotatable bonds is 9. The second-order valence-corrected chi connectivity index (χ2v) is 8.09. The number of hydrogen-bond donors (Lipinski definition) is 1. The number of nitrogens with zero attached hydrogens (tertiary/aromatic N) is 3. The van der Waals surface area contributed by atoms with E-state index in [1.54, 1.807) is 24.4 Å². The van der Waals surface area contributed by atoms with Gasteiger partial charge in [-0.05, 0) is 61.6 Å². The first-order valence-electron chi connectivity index (χ1n) is 11.1. The average molecular weight is 439 g/mol. The van der Waals surface area contributed by atoms with Crippen LogP contribution in [-0.2, 0) is 11.2 Å². The van der Waals surface area contributed by atoms with E-state index in [-0.39, 0.29) is 18.1 Å². The van der Waals surface area contributed by atoms with Gasteiger partial charge in [-0.25, -0.2) is 9.37 Å². The molecular formula is C24H27FN4O3. The third-order valence-corrected chi connectivity index (χ3v) is 5.59. The number of pyridine rings is 1. The minimum atomic E-state index is -0.320. The van der Waals surface area contributed by atoms with Gasteiger partial charge in [-0.15, -0.1) is 0 Å². The molecule has 0 spiro atoms. The molecule has 32 heavy (non-hydrogen) atoms. The summed E-state index contributed by atoms with van der Waals surface area (Å²) >= 11 is 0. The molecule has 2 heterocycles. The zero-order valence-corrected chi connectivity index (χ0v) is 17.9. The number of halogens is 1.